The molecular weight excluding hydrogens is 464 g/mol. The summed E-state index contributed by atoms with van der Waals surface area (Å²) in [6.07, 6.45) is 2.56. The first kappa shape index (κ1) is 18.4. The second kappa shape index (κ2) is 10.1. The molecule has 1 saturated heterocycles. The van der Waals surface area contributed by atoms with E-state index in [0.717, 1.165) is 22.3 Å². The van der Waals surface area contributed by atoms with Gasteiger partial charge in [0, 0.05) is 0 Å². The van der Waals surface area contributed by atoms with Gasteiger partial charge in [0.1, 0.15) is 0 Å². The third-order valence-corrected chi connectivity index (χ3v) is 9.56. The Bertz CT molecular complexity index is 241. The molecule has 3 nitrogen and oxygen atoms in total. The number of hydrogen-bond donors (Lipinski definition) is 3. The molecule has 0 amide bonds. The van der Waals surface area contributed by atoms with Crippen LogP contribution in [0.2, 0.25) is 0 Å². The van der Waals surface area contributed by atoms with Crippen LogP contribution in [0.1, 0.15) is 40.5 Å². The Hall–Kier alpha value is 1.34. The van der Waals surface area contributed by atoms with Gasteiger partial charge in [-0.2, -0.15) is 0 Å². The van der Waals surface area contributed by atoms with Crippen molar-refractivity contribution in [1.82, 2.24) is 14.4 Å². The normalized spacial score (nSPS) is 25.1. The van der Waals surface area contributed by atoms with Crippen LogP contribution in [0, 0.1) is 11.8 Å². The first-order valence-corrected chi connectivity index (χ1v) is 12.9. The summed E-state index contributed by atoms with van der Waals surface area (Å²) in [5.41, 5.74) is 3.62. The number of hydrogen-bond acceptors (Lipinski definition) is 3. The third kappa shape index (κ3) is 6.76. The fraction of sp³-hybridized carbons (Fsp3) is 1.00. The molecule has 3 N–H and O–H groups in total. The van der Waals surface area contributed by atoms with Crippen LogP contribution in [0.5, 0.6) is 0 Å². The zero-order valence-corrected chi connectivity index (χ0v) is 17.1. The maximum absolute atomic E-state index is 3.69. The number of alkyl halides is 3. The summed E-state index contributed by atoms with van der Waals surface area (Å²) in [6, 6.07) is 0.598. The number of rotatable bonds is 11. The van der Waals surface area contributed by atoms with Gasteiger partial charge in [-0.1, -0.05) is 0 Å². The van der Waals surface area contributed by atoms with Crippen LogP contribution in [0.15, 0.2) is 0 Å². The Kier molecular flexibility index (Phi) is 9.81. The number of hydrazine groups is 1. The fourth-order valence-electron chi connectivity index (χ4n) is 2.55. The first-order chi connectivity index (χ1) is 9.13. The molecule has 1 heterocycles. The van der Waals surface area contributed by atoms with E-state index in [1.54, 1.807) is 0 Å². The fourth-order valence-corrected chi connectivity index (χ4v) is 7.59. The molecule has 0 aromatic rings. The monoisotopic (exact) mass is 495 g/mol. The average molecular weight is 495 g/mol. The van der Waals surface area contributed by atoms with E-state index in [4.69, 9.17) is 0 Å². The van der Waals surface area contributed by atoms with Crippen molar-refractivity contribution in [3.63, 3.8) is 0 Å². The van der Waals surface area contributed by atoms with Gasteiger partial charge in [0.2, 0.25) is 0 Å². The average Bonchev–Trinajstić information content (AvgIpc) is 3.16. The van der Waals surface area contributed by atoms with Gasteiger partial charge in [-0.05, 0) is 0 Å². The second-order valence-corrected chi connectivity index (χ2v) is 12.1. The molecular formula is C14H31I2N3. The summed E-state index contributed by atoms with van der Waals surface area (Å²) in [4.78, 5) is 0. The quantitative estimate of drug-likeness (QED) is 0.135. The van der Waals surface area contributed by atoms with Gasteiger partial charge in [-0.3, -0.25) is 0 Å². The van der Waals surface area contributed by atoms with E-state index >= 15 is 0 Å². The molecule has 116 valence electrons. The van der Waals surface area contributed by atoms with Crippen molar-refractivity contribution in [3.05, 3.63) is 0 Å². The standard InChI is InChI=1S/C14H31I2N3/c1-5-11(3)14(6-2)12(4)18-19-16-9-13(16)10-17-8-7-15/h11-14,17-19H,5-10H2,1-4H3/t11-,12?,13+,14-/m0/s1. The Labute approximate surface area is 140 Å². The summed E-state index contributed by atoms with van der Waals surface area (Å²) in [5, 5.41) is 3.54. The van der Waals surface area contributed by atoms with E-state index in [0.29, 0.717) is 6.04 Å². The Morgan fingerprint density at radius 1 is 1.26 bits per heavy atom. The predicted octanol–water partition coefficient (Wildman–Crippen LogP) is 3.37. The van der Waals surface area contributed by atoms with Gasteiger partial charge in [-0.25, -0.2) is 0 Å². The summed E-state index contributed by atoms with van der Waals surface area (Å²) in [5.74, 6) is 1.61. The SMILES string of the molecule is CC[C@H](C(C)NNI1C[C@@H]1CNCCI)[C@@H](C)CC. The molecule has 1 rings (SSSR count). The van der Waals surface area contributed by atoms with Crippen LogP contribution in [-0.4, -0.2) is 31.9 Å². The van der Waals surface area contributed by atoms with E-state index in [1.807, 2.05) is 0 Å². The summed E-state index contributed by atoms with van der Waals surface area (Å²) >= 11 is 1.61. The van der Waals surface area contributed by atoms with Crippen LogP contribution in [-0.2, 0) is 0 Å². The van der Waals surface area contributed by atoms with Crippen molar-refractivity contribution in [2.45, 2.75) is 50.5 Å². The summed E-state index contributed by atoms with van der Waals surface area (Å²) < 4.78 is 7.36. The number of halogens is 2. The predicted molar refractivity (Wildman–Crippen MR) is 103 cm³/mol. The van der Waals surface area contributed by atoms with Crippen LogP contribution in [0.3, 0.4) is 0 Å². The van der Waals surface area contributed by atoms with Gasteiger partial charge in [0.15, 0.2) is 0 Å². The van der Waals surface area contributed by atoms with E-state index in [2.05, 4.69) is 64.7 Å². The molecule has 5 heteroatoms. The molecule has 0 radical (unpaired) electrons. The molecule has 4 atom stereocenters. The Morgan fingerprint density at radius 3 is 2.58 bits per heavy atom. The molecule has 1 unspecified atom stereocenters. The molecule has 0 aromatic carbocycles. The van der Waals surface area contributed by atoms with E-state index in [-0.39, 0.29) is 0 Å². The minimum atomic E-state index is -0.823. The van der Waals surface area contributed by atoms with Crippen LogP contribution >= 0.6 is 42.7 Å². The van der Waals surface area contributed by atoms with Gasteiger partial charge in [0.05, 0.1) is 0 Å². The Morgan fingerprint density at radius 2 is 2.00 bits per heavy atom. The molecule has 0 spiro atoms. The molecule has 0 bridgehead atoms. The first-order valence-electron chi connectivity index (χ1n) is 7.56. The summed E-state index contributed by atoms with van der Waals surface area (Å²) in [7, 11) is 0. The molecule has 0 aromatic heterocycles. The minimum absolute atomic E-state index is 0.598. The van der Waals surface area contributed by atoms with Crippen molar-refractivity contribution in [2.75, 3.05) is 21.9 Å². The van der Waals surface area contributed by atoms with Crippen molar-refractivity contribution in [2.24, 2.45) is 11.8 Å². The van der Waals surface area contributed by atoms with Crippen molar-refractivity contribution in [1.29, 1.82) is 0 Å². The van der Waals surface area contributed by atoms with Crippen molar-refractivity contribution < 1.29 is 0 Å². The van der Waals surface area contributed by atoms with Crippen molar-refractivity contribution >= 4 is 42.7 Å². The Balaban J connectivity index is 2.15. The van der Waals surface area contributed by atoms with E-state index in [1.165, 1.54) is 28.2 Å². The van der Waals surface area contributed by atoms with E-state index < -0.39 is 20.1 Å². The molecule has 1 fully saturated rings. The summed E-state index contributed by atoms with van der Waals surface area (Å²) in [6.45, 7) is 11.8. The maximum atomic E-state index is 3.69. The topological polar surface area (TPSA) is 36.1 Å². The second-order valence-electron chi connectivity index (χ2n) is 5.53. The van der Waals surface area contributed by atoms with Gasteiger partial charge >= 0.3 is 141 Å². The molecule has 1 aliphatic heterocycles. The van der Waals surface area contributed by atoms with E-state index in [9.17, 15) is 0 Å². The molecule has 1 aliphatic rings. The van der Waals surface area contributed by atoms with Crippen LogP contribution < -0.4 is 14.4 Å². The van der Waals surface area contributed by atoms with Gasteiger partial charge < -0.3 is 0 Å². The molecule has 0 aliphatic carbocycles. The van der Waals surface area contributed by atoms with Crippen LogP contribution in [0.4, 0.5) is 0 Å². The third-order valence-electron chi connectivity index (χ3n) is 4.13. The zero-order chi connectivity index (χ0) is 14.3. The van der Waals surface area contributed by atoms with Gasteiger partial charge in [0.25, 0.3) is 0 Å². The molecule has 0 saturated carbocycles. The zero-order valence-electron chi connectivity index (χ0n) is 12.8. The molecule has 19 heavy (non-hydrogen) atoms. The number of nitrogens with one attached hydrogen (secondary N) is 3. The van der Waals surface area contributed by atoms with Crippen molar-refractivity contribution in [3.8, 4) is 0 Å². The van der Waals surface area contributed by atoms with Gasteiger partial charge in [-0.15, -0.1) is 0 Å². The van der Waals surface area contributed by atoms with Crippen LogP contribution in [0.25, 0.3) is 0 Å².